The smallest absolute Gasteiger partial charge is 0.341 e. The Kier molecular flexibility index (Phi) is 6.05. The van der Waals surface area contributed by atoms with Gasteiger partial charge in [0.2, 0.25) is 0 Å². The third-order valence-corrected chi connectivity index (χ3v) is 5.41. The second-order valence-corrected chi connectivity index (χ2v) is 7.50. The maximum atomic E-state index is 10.7. The molecule has 31 heavy (non-hydrogen) atoms. The Labute approximate surface area is 181 Å². The lowest BCUT2D eigenvalue weighted by atomic mass is 9.91. The number of hydrogen-bond acceptors (Lipinski definition) is 4. The van der Waals surface area contributed by atoms with Crippen LogP contribution in [0.5, 0.6) is 11.5 Å². The lowest BCUT2D eigenvalue weighted by Gasteiger charge is -2.15. The van der Waals surface area contributed by atoms with Crippen molar-refractivity contribution in [2.24, 2.45) is 0 Å². The van der Waals surface area contributed by atoms with E-state index in [1.807, 2.05) is 30.3 Å². The molecule has 0 amide bonds. The Morgan fingerprint density at radius 1 is 1.00 bits per heavy atom. The van der Waals surface area contributed by atoms with Gasteiger partial charge in [0.25, 0.3) is 0 Å². The SMILES string of the molecule is COc1cc(CO)cc(CC2=CCc3cccc(-c4ccc(OCC(=O)O)cc4)c32)c1. The number of carboxylic acid groups (broad SMARTS) is 1. The molecule has 3 aromatic rings. The van der Waals surface area contributed by atoms with E-state index in [9.17, 15) is 9.90 Å². The fourth-order valence-corrected chi connectivity index (χ4v) is 4.02. The molecule has 0 saturated carbocycles. The van der Waals surface area contributed by atoms with Crippen LogP contribution in [0, 0.1) is 0 Å². The van der Waals surface area contributed by atoms with Crippen LogP contribution in [0.1, 0.15) is 22.3 Å². The first-order valence-corrected chi connectivity index (χ1v) is 10.1. The third-order valence-electron chi connectivity index (χ3n) is 5.41. The van der Waals surface area contributed by atoms with Gasteiger partial charge in [-0.05, 0) is 76.1 Å². The summed E-state index contributed by atoms with van der Waals surface area (Å²) in [5.41, 5.74) is 7.87. The molecule has 0 atom stereocenters. The average molecular weight is 416 g/mol. The van der Waals surface area contributed by atoms with E-state index in [0.717, 1.165) is 40.8 Å². The van der Waals surface area contributed by atoms with Crippen molar-refractivity contribution in [3.63, 3.8) is 0 Å². The largest absolute Gasteiger partial charge is 0.497 e. The van der Waals surface area contributed by atoms with Crippen molar-refractivity contribution in [3.05, 3.63) is 89.0 Å². The minimum absolute atomic E-state index is 0.0264. The van der Waals surface area contributed by atoms with Crippen LogP contribution >= 0.6 is 0 Å². The van der Waals surface area contributed by atoms with Crippen LogP contribution in [0.15, 0.2) is 66.7 Å². The normalized spacial score (nSPS) is 12.3. The van der Waals surface area contributed by atoms with Crippen LogP contribution in [0.3, 0.4) is 0 Å². The second kappa shape index (κ2) is 9.06. The fourth-order valence-electron chi connectivity index (χ4n) is 4.02. The maximum absolute atomic E-state index is 10.7. The van der Waals surface area contributed by atoms with E-state index in [0.29, 0.717) is 5.75 Å². The number of aliphatic carboxylic acids is 1. The molecule has 5 heteroatoms. The van der Waals surface area contributed by atoms with Gasteiger partial charge < -0.3 is 19.7 Å². The highest BCUT2D eigenvalue weighted by molar-refractivity contribution is 5.87. The Morgan fingerprint density at radius 2 is 1.77 bits per heavy atom. The number of hydrogen-bond donors (Lipinski definition) is 2. The van der Waals surface area contributed by atoms with E-state index in [1.165, 1.54) is 16.7 Å². The van der Waals surface area contributed by atoms with Crippen molar-refractivity contribution in [2.75, 3.05) is 13.7 Å². The number of aliphatic hydroxyl groups excluding tert-OH is 1. The highest BCUT2D eigenvalue weighted by atomic mass is 16.5. The number of carbonyl (C=O) groups is 1. The zero-order valence-corrected chi connectivity index (χ0v) is 17.3. The maximum Gasteiger partial charge on any atom is 0.341 e. The lowest BCUT2D eigenvalue weighted by Crippen LogP contribution is -2.09. The average Bonchev–Trinajstić information content (AvgIpc) is 3.20. The van der Waals surface area contributed by atoms with Crippen LogP contribution in [0.4, 0.5) is 0 Å². The van der Waals surface area contributed by atoms with E-state index in [-0.39, 0.29) is 13.2 Å². The summed E-state index contributed by atoms with van der Waals surface area (Å²) in [7, 11) is 1.63. The Balaban J connectivity index is 1.63. The van der Waals surface area contributed by atoms with Crippen LogP contribution < -0.4 is 9.47 Å². The van der Waals surface area contributed by atoms with E-state index in [1.54, 1.807) is 19.2 Å². The van der Waals surface area contributed by atoms with Gasteiger partial charge in [0.1, 0.15) is 11.5 Å². The lowest BCUT2D eigenvalue weighted by molar-refractivity contribution is -0.139. The number of rotatable bonds is 8. The predicted molar refractivity (Wildman–Crippen MR) is 119 cm³/mol. The Hall–Kier alpha value is -3.57. The molecule has 1 aliphatic carbocycles. The molecule has 0 spiro atoms. The molecule has 0 saturated heterocycles. The molecular weight excluding hydrogens is 392 g/mol. The Bertz CT molecular complexity index is 1110. The molecule has 0 heterocycles. The van der Waals surface area contributed by atoms with E-state index >= 15 is 0 Å². The molecule has 0 bridgehead atoms. The van der Waals surface area contributed by atoms with Gasteiger partial charge in [-0.25, -0.2) is 4.79 Å². The van der Waals surface area contributed by atoms with Crippen LogP contribution in [0.2, 0.25) is 0 Å². The first kappa shape index (κ1) is 20.7. The second-order valence-electron chi connectivity index (χ2n) is 7.50. The molecule has 0 radical (unpaired) electrons. The van der Waals surface area contributed by atoms with E-state index in [4.69, 9.17) is 14.6 Å². The van der Waals surface area contributed by atoms with E-state index in [2.05, 4.69) is 24.3 Å². The zero-order valence-electron chi connectivity index (χ0n) is 17.3. The molecule has 0 fully saturated rings. The number of benzene rings is 3. The van der Waals surface area contributed by atoms with Gasteiger partial charge in [0.05, 0.1) is 13.7 Å². The van der Waals surface area contributed by atoms with Gasteiger partial charge in [-0.1, -0.05) is 42.5 Å². The van der Waals surface area contributed by atoms with Crippen molar-refractivity contribution >= 4 is 11.5 Å². The minimum Gasteiger partial charge on any atom is -0.497 e. The standard InChI is InChI=1S/C26H24O5/c1-30-23-13-17(11-18(14-23)15-27)12-21-6-5-20-3-2-4-24(26(20)21)19-7-9-22(10-8-19)31-16-25(28)29/h2-4,6-11,13-14,27H,5,12,15-16H2,1H3,(H,28,29). The van der Waals surface area contributed by atoms with Crippen molar-refractivity contribution in [3.8, 4) is 22.6 Å². The van der Waals surface area contributed by atoms with Gasteiger partial charge in [-0.3, -0.25) is 0 Å². The molecule has 0 aliphatic heterocycles. The minimum atomic E-state index is -0.998. The topological polar surface area (TPSA) is 76.0 Å². The molecule has 0 aromatic heterocycles. The van der Waals surface area contributed by atoms with Crippen molar-refractivity contribution in [2.45, 2.75) is 19.4 Å². The van der Waals surface area contributed by atoms with Gasteiger partial charge >= 0.3 is 5.97 Å². The molecule has 2 N–H and O–H groups in total. The quantitative estimate of drug-likeness (QED) is 0.565. The first-order chi connectivity index (χ1) is 15.1. The van der Waals surface area contributed by atoms with Crippen molar-refractivity contribution < 1.29 is 24.5 Å². The molecule has 5 nitrogen and oxygen atoms in total. The van der Waals surface area contributed by atoms with Crippen LogP contribution in [-0.2, 0) is 24.2 Å². The van der Waals surface area contributed by atoms with Gasteiger partial charge in [-0.15, -0.1) is 0 Å². The molecule has 3 aromatic carbocycles. The summed E-state index contributed by atoms with van der Waals surface area (Å²) in [6.45, 7) is -0.384. The molecule has 0 unspecified atom stereocenters. The number of aliphatic hydroxyl groups is 1. The highest BCUT2D eigenvalue weighted by Crippen LogP contribution is 2.38. The third kappa shape index (κ3) is 4.62. The number of fused-ring (bicyclic) bond motifs is 1. The fraction of sp³-hybridized carbons (Fsp3) is 0.192. The summed E-state index contributed by atoms with van der Waals surface area (Å²) in [6, 6.07) is 19.7. The van der Waals surface area contributed by atoms with Crippen LogP contribution in [-0.4, -0.2) is 29.9 Å². The number of ether oxygens (including phenoxy) is 2. The summed E-state index contributed by atoms with van der Waals surface area (Å²) in [6.07, 6.45) is 3.89. The molecule has 158 valence electrons. The monoisotopic (exact) mass is 416 g/mol. The summed E-state index contributed by atoms with van der Waals surface area (Å²) in [5, 5.41) is 18.3. The predicted octanol–water partition coefficient (Wildman–Crippen LogP) is 4.50. The Morgan fingerprint density at radius 3 is 2.48 bits per heavy atom. The highest BCUT2D eigenvalue weighted by Gasteiger charge is 2.19. The first-order valence-electron chi connectivity index (χ1n) is 10.1. The van der Waals surface area contributed by atoms with Crippen LogP contribution in [0.25, 0.3) is 16.7 Å². The van der Waals surface area contributed by atoms with Gasteiger partial charge in [0.15, 0.2) is 6.61 Å². The summed E-state index contributed by atoms with van der Waals surface area (Å²) >= 11 is 0. The summed E-state index contributed by atoms with van der Waals surface area (Å²) < 4.78 is 10.6. The van der Waals surface area contributed by atoms with E-state index < -0.39 is 5.97 Å². The molecule has 4 rings (SSSR count). The summed E-state index contributed by atoms with van der Waals surface area (Å²) in [5.74, 6) is 0.273. The number of methoxy groups -OCH3 is 1. The van der Waals surface area contributed by atoms with Gasteiger partial charge in [-0.2, -0.15) is 0 Å². The summed E-state index contributed by atoms with van der Waals surface area (Å²) in [4.78, 5) is 10.7. The van der Waals surface area contributed by atoms with Crippen molar-refractivity contribution in [1.82, 2.24) is 0 Å². The molecule has 1 aliphatic rings. The number of allylic oxidation sites excluding steroid dienone is 2. The van der Waals surface area contributed by atoms with Crippen molar-refractivity contribution in [1.29, 1.82) is 0 Å². The number of carboxylic acids is 1. The zero-order chi connectivity index (χ0) is 21.8. The van der Waals surface area contributed by atoms with Gasteiger partial charge in [0, 0.05) is 0 Å². The molecular formula is C26H24O5.